The molecule has 2 heterocycles. The van der Waals surface area contributed by atoms with Crippen LogP contribution in [0.1, 0.15) is 57.2 Å². The molecule has 204 valence electrons. The predicted octanol–water partition coefficient (Wildman–Crippen LogP) is 4.61. The van der Waals surface area contributed by atoms with Crippen molar-refractivity contribution >= 4 is 34.7 Å². The molecule has 0 bridgehead atoms. The summed E-state index contributed by atoms with van der Waals surface area (Å²) in [6.45, 7) is 4.39. The Balaban J connectivity index is 1.14. The molecule has 0 saturated heterocycles. The number of hydrogen-bond donors (Lipinski definition) is 2. The summed E-state index contributed by atoms with van der Waals surface area (Å²) in [7, 11) is 1.99. The predicted molar refractivity (Wildman–Crippen MR) is 151 cm³/mol. The van der Waals surface area contributed by atoms with Crippen LogP contribution < -0.4 is 0 Å². The number of hydrogen-bond acceptors (Lipinski definition) is 7. The van der Waals surface area contributed by atoms with E-state index < -0.39 is 17.1 Å². The molecule has 7 rings (SSSR count). The van der Waals surface area contributed by atoms with Crippen LogP contribution in [-0.2, 0) is 18.3 Å². The SMILES string of the molecule is Cn1ncc2c1C=C1CCC3C([C@@H](O)CC4(C)C3CC[C@]4(O)C(=O)CSc3cnc4ccccc4n3)C1(C)C2. The number of nitrogens with zero attached hydrogens (tertiary/aromatic N) is 4. The lowest BCUT2D eigenvalue weighted by atomic mass is 9.45. The van der Waals surface area contributed by atoms with Gasteiger partial charge in [-0.2, -0.15) is 5.10 Å². The number of aliphatic hydroxyl groups is 2. The van der Waals surface area contributed by atoms with Crippen molar-refractivity contribution in [2.45, 2.75) is 69.1 Å². The number of fused-ring (bicyclic) bond motifs is 7. The van der Waals surface area contributed by atoms with E-state index in [-0.39, 0.29) is 34.7 Å². The first-order valence-corrected chi connectivity index (χ1v) is 15.1. The molecule has 0 spiro atoms. The Kier molecular flexibility index (Phi) is 5.69. The maximum absolute atomic E-state index is 13.7. The lowest BCUT2D eigenvalue weighted by molar-refractivity contribution is -0.177. The number of thioether (sulfide) groups is 1. The van der Waals surface area contributed by atoms with Crippen LogP contribution in [0.2, 0.25) is 0 Å². The number of para-hydroxylation sites is 2. The van der Waals surface area contributed by atoms with Crippen LogP contribution in [0.15, 0.2) is 47.3 Å². The van der Waals surface area contributed by atoms with Gasteiger partial charge in [-0.15, -0.1) is 0 Å². The van der Waals surface area contributed by atoms with Crippen LogP contribution in [-0.4, -0.2) is 53.2 Å². The van der Waals surface area contributed by atoms with E-state index in [2.05, 4.69) is 35.0 Å². The van der Waals surface area contributed by atoms with Gasteiger partial charge in [0.25, 0.3) is 0 Å². The third-order valence-corrected chi connectivity index (χ3v) is 11.9. The minimum atomic E-state index is -1.44. The summed E-state index contributed by atoms with van der Waals surface area (Å²) in [6, 6.07) is 7.68. The molecule has 39 heavy (non-hydrogen) atoms. The number of benzene rings is 1. The normalized spacial score (nSPS) is 37.0. The Hall–Kier alpha value is -2.55. The van der Waals surface area contributed by atoms with Crippen LogP contribution in [0, 0.1) is 28.6 Å². The van der Waals surface area contributed by atoms with Crippen molar-refractivity contribution in [2.24, 2.45) is 35.6 Å². The second-order valence-corrected chi connectivity index (χ2v) is 13.8. The molecule has 3 aromatic rings. The molecule has 3 fully saturated rings. The zero-order valence-corrected chi connectivity index (χ0v) is 23.6. The lowest BCUT2D eigenvalue weighted by Crippen LogP contribution is -2.62. The van der Waals surface area contributed by atoms with Crippen molar-refractivity contribution in [2.75, 3.05) is 5.75 Å². The fourth-order valence-corrected chi connectivity index (χ4v) is 9.86. The van der Waals surface area contributed by atoms with Crippen LogP contribution in [0.5, 0.6) is 0 Å². The number of ketones is 1. The molecule has 7 atom stereocenters. The lowest BCUT2D eigenvalue weighted by Gasteiger charge is -2.60. The van der Waals surface area contributed by atoms with Gasteiger partial charge >= 0.3 is 0 Å². The van der Waals surface area contributed by atoms with Gasteiger partial charge in [0.2, 0.25) is 0 Å². The average Bonchev–Trinajstić information content (AvgIpc) is 3.40. The molecule has 5 unspecified atom stereocenters. The van der Waals surface area contributed by atoms with Crippen LogP contribution in [0.25, 0.3) is 17.1 Å². The van der Waals surface area contributed by atoms with E-state index >= 15 is 0 Å². The number of carbonyl (C=O) groups is 1. The number of aliphatic hydroxyl groups excluding tert-OH is 1. The van der Waals surface area contributed by atoms with E-state index in [0.717, 1.165) is 36.7 Å². The van der Waals surface area contributed by atoms with Crippen molar-refractivity contribution < 1.29 is 15.0 Å². The molecule has 2 N–H and O–H groups in total. The van der Waals surface area contributed by atoms with Gasteiger partial charge in [0.05, 0.1) is 41.0 Å². The summed E-state index contributed by atoms with van der Waals surface area (Å²) in [6.07, 6.45) is 10.0. The van der Waals surface area contributed by atoms with Gasteiger partial charge in [-0.25, -0.2) is 4.98 Å². The topological polar surface area (TPSA) is 101 Å². The summed E-state index contributed by atoms with van der Waals surface area (Å²) in [4.78, 5) is 22.8. The van der Waals surface area contributed by atoms with Crippen molar-refractivity contribution in [1.82, 2.24) is 19.7 Å². The van der Waals surface area contributed by atoms with E-state index in [1.54, 1.807) is 6.20 Å². The van der Waals surface area contributed by atoms with Crippen molar-refractivity contribution in [3.8, 4) is 0 Å². The highest BCUT2D eigenvalue weighted by Crippen LogP contribution is 2.67. The molecular formula is C31H36N4O3S. The van der Waals surface area contributed by atoms with Gasteiger partial charge in [0, 0.05) is 12.5 Å². The Morgan fingerprint density at radius 3 is 2.79 bits per heavy atom. The maximum atomic E-state index is 13.7. The minimum Gasteiger partial charge on any atom is -0.393 e. The minimum absolute atomic E-state index is 0.114. The van der Waals surface area contributed by atoms with Gasteiger partial charge in [0.1, 0.15) is 10.6 Å². The molecule has 0 amide bonds. The second-order valence-electron chi connectivity index (χ2n) is 12.8. The summed E-state index contributed by atoms with van der Waals surface area (Å²) >= 11 is 1.34. The van der Waals surface area contributed by atoms with E-state index in [1.165, 1.54) is 28.6 Å². The standard InChI is InChI=1S/C31H36N4O3S/c1-29-13-18-15-33-35(3)24(18)12-19(29)8-9-20-21-10-11-31(38,30(21,2)14-25(36)28(20)29)26(37)17-39-27-16-32-22-6-4-5-7-23(22)34-27/h4-7,12,15-16,20-21,25,28,36,38H,8-11,13-14,17H2,1-3H3/t20?,21?,25-,28?,29?,30?,31-/m0/s1. The van der Waals surface area contributed by atoms with Crippen molar-refractivity contribution in [3.05, 3.63) is 53.5 Å². The Morgan fingerprint density at radius 1 is 1.18 bits per heavy atom. The molecule has 8 heteroatoms. The molecule has 0 aliphatic heterocycles. The van der Waals surface area contributed by atoms with Crippen LogP contribution in [0.3, 0.4) is 0 Å². The molecular weight excluding hydrogens is 508 g/mol. The number of aryl methyl sites for hydroxylation is 1. The maximum Gasteiger partial charge on any atom is 0.175 e. The van der Waals surface area contributed by atoms with Gasteiger partial charge in [-0.3, -0.25) is 14.5 Å². The summed E-state index contributed by atoms with van der Waals surface area (Å²) in [5.41, 5.74) is 3.24. The highest BCUT2D eigenvalue weighted by Gasteiger charge is 2.68. The molecule has 4 aliphatic carbocycles. The Labute approximate surface area is 233 Å². The molecule has 1 aromatic carbocycles. The molecule has 7 nitrogen and oxygen atoms in total. The van der Waals surface area contributed by atoms with Crippen molar-refractivity contribution in [1.29, 1.82) is 0 Å². The first-order chi connectivity index (χ1) is 18.6. The van der Waals surface area contributed by atoms with Crippen LogP contribution in [0.4, 0.5) is 0 Å². The van der Waals surface area contributed by atoms with E-state index in [1.807, 2.05) is 42.2 Å². The Bertz CT molecular complexity index is 1520. The highest BCUT2D eigenvalue weighted by atomic mass is 32.2. The van der Waals surface area contributed by atoms with Gasteiger partial charge in [-0.1, -0.05) is 43.3 Å². The number of allylic oxidation sites excluding steroid dienone is 1. The number of rotatable bonds is 4. The van der Waals surface area contributed by atoms with E-state index in [0.29, 0.717) is 17.9 Å². The number of aromatic nitrogens is 4. The van der Waals surface area contributed by atoms with Gasteiger partial charge in [-0.05, 0) is 85.5 Å². The average molecular weight is 545 g/mol. The smallest absolute Gasteiger partial charge is 0.175 e. The molecule has 0 radical (unpaired) electrons. The number of carbonyl (C=O) groups excluding carboxylic acids is 1. The fraction of sp³-hybridized carbons (Fsp3) is 0.548. The monoisotopic (exact) mass is 544 g/mol. The second kappa shape index (κ2) is 8.72. The molecule has 2 aromatic heterocycles. The van der Waals surface area contributed by atoms with E-state index in [4.69, 9.17) is 0 Å². The van der Waals surface area contributed by atoms with Crippen LogP contribution >= 0.6 is 11.8 Å². The fourth-order valence-electron chi connectivity index (χ4n) is 9.05. The highest BCUT2D eigenvalue weighted by molar-refractivity contribution is 7.99. The molecule has 3 saturated carbocycles. The summed E-state index contributed by atoms with van der Waals surface area (Å²) < 4.78 is 1.95. The first kappa shape index (κ1) is 25.4. The summed E-state index contributed by atoms with van der Waals surface area (Å²) in [5, 5.41) is 29.0. The third kappa shape index (κ3) is 3.57. The zero-order chi connectivity index (χ0) is 27.2. The summed E-state index contributed by atoms with van der Waals surface area (Å²) in [5.74, 6) is 0.589. The van der Waals surface area contributed by atoms with Gasteiger partial charge < -0.3 is 10.2 Å². The first-order valence-electron chi connectivity index (χ1n) is 14.1. The third-order valence-electron chi connectivity index (χ3n) is 11.0. The van der Waals surface area contributed by atoms with Gasteiger partial charge in [0.15, 0.2) is 5.78 Å². The zero-order valence-electron chi connectivity index (χ0n) is 22.8. The number of Topliss-reactive ketones (excluding diaryl/α,β-unsaturated/α-hetero) is 1. The Morgan fingerprint density at radius 2 is 1.97 bits per heavy atom. The largest absolute Gasteiger partial charge is 0.393 e. The molecule has 4 aliphatic rings. The quantitative estimate of drug-likeness (QED) is 0.463. The van der Waals surface area contributed by atoms with E-state index in [9.17, 15) is 15.0 Å². The van der Waals surface area contributed by atoms with Crippen molar-refractivity contribution in [3.63, 3.8) is 0 Å².